The van der Waals surface area contributed by atoms with E-state index in [2.05, 4.69) is 15.5 Å². The van der Waals surface area contributed by atoms with Gasteiger partial charge in [0.1, 0.15) is 0 Å². The molecule has 21 heavy (non-hydrogen) atoms. The third-order valence-electron chi connectivity index (χ3n) is 4.10. The molecule has 0 aromatic carbocycles. The lowest BCUT2D eigenvalue weighted by molar-refractivity contribution is -0.150. The van der Waals surface area contributed by atoms with E-state index in [0.717, 1.165) is 0 Å². The van der Waals surface area contributed by atoms with E-state index in [0.29, 0.717) is 23.4 Å². The fourth-order valence-electron chi connectivity index (χ4n) is 1.75. The van der Waals surface area contributed by atoms with Crippen LogP contribution in [0.25, 0.3) is 0 Å². The van der Waals surface area contributed by atoms with Crippen LogP contribution < -0.4 is 5.32 Å². The molecule has 0 spiro atoms. The Morgan fingerprint density at radius 1 is 1.24 bits per heavy atom. The number of aliphatic carboxylic acids is 1. The molecule has 0 fully saturated rings. The van der Waals surface area contributed by atoms with Crippen LogP contribution in [0.3, 0.4) is 0 Å². The van der Waals surface area contributed by atoms with Gasteiger partial charge in [0.15, 0.2) is 0 Å². The van der Waals surface area contributed by atoms with Crippen molar-refractivity contribution < 1.29 is 14.7 Å². The standard InChI is InChI=1S/C15H23N3O3/c1-7-11-10(8-9(2)17-18-11)12(19)16-15(5,6)14(3,4)13(20)21/h8H,7H2,1-6H3,(H,16,19)(H,20,21). The number of aromatic nitrogens is 2. The summed E-state index contributed by atoms with van der Waals surface area (Å²) >= 11 is 0. The SMILES string of the molecule is CCc1nnc(C)cc1C(=O)NC(C)(C)C(C)(C)C(=O)O. The summed E-state index contributed by atoms with van der Waals surface area (Å²) in [5.74, 6) is -1.29. The Kier molecular flexibility index (Phi) is 4.71. The topological polar surface area (TPSA) is 92.2 Å². The van der Waals surface area contributed by atoms with E-state index < -0.39 is 16.9 Å². The highest BCUT2D eigenvalue weighted by atomic mass is 16.4. The minimum absolute atomic E-state index is 0.329. The van der Waals surface area contributed by atoms with Gasteiger partial charge in [-0.25, -0.2) is 0 Å². The average Bonchev–Trinajstić information content (AvgIpc) is 2.37. The second kappa shape index (κ2) is 5.79. The highest BCUT2D eigenvalue weighted by Crippen LogP contribution is 2.31. The molecule has 1 amide bonds. The van der Waals surface area contributed by atoms with Crippen LogP contribution in [0.15, 0.2) is 6.07 Å². The highest BCUT2D eigenvalue weighted by Gasteiger charge is 2.44. The number of aryl methyl sites for hydroxylation is 2. The average molecular weight is 293 g/mol. The van der Waals surface area contributed by atoms with Crippen molar-refractivity contribution in [1.82, 2.24) is 15.5 Å². The molecule has 0 aliphatic carbocycles. The summed E-state index contributed by atoms with van der Waals surface area (Å²) in [6, 6.07) is 1.67. The Hall–Kier alpha value is -1.98. The second-order valence-electron chi connectivity index (χ2n) is 6.21. The third kappa shape index (κ3) is 3.37. The van der Waals surface area contributed by atoms with E-state index in [1.54, 1.807) is 40.7 Å². The lowest BCUT2D eigenvalue weighted by Gasteiger charge is -2.38. The van der Waals surface area contributed by atoms with E-state index in [1.165, 1.54) is 0 Å². The molecule has 6 nitrogen and oxygen atoms in total. The van der Waals surface area contributed by atoms with Crippen LogP contribution in [0.4, 0.5) is 0 Å². The number of carboxylic acids is 1. The number of carbonyl (C=O) groups excluding carboxylic acids is 1. The lowest BCUT2D eigenvalue weighted by atomic mass is 9.74. The van der Waals surface area contributed by atoms with Crippen LogP contribution in [0.2, 0.25) is 0 Å². The Morgan fingerprint density at radius 2 is 1.81 bits per heavy atom. The molecule has 2 N–H and O–H groups in total. The van der Waals surface area contributed by atoms with Crippen LogP contribution >= 0.6 is 0 Å². The largest absolute Gasteiger partial charge is 0.481 e. The monoisotopic (exact) mass is 293 g/mol. The van der Waals surface area contributed by atoms with Crippen molar-refractivity contribution in [3.05, 3.63) is 23.0 Å². The predicted octanol–water partition coefficient (Wildman–Crippen LogP) is 1.97. The molecular formula is C15H23N3O3. The zero-order chi connectivity index (χ0) is 16.4. The van der Waals surface area contributed by atoms with Gasteiger partial charge in [-0.3, -0.25) is 9.59 Å². The first kappa shape index (κ1) is 17.1. The maximum Gasteiger partial charge on any atom is 0.311 e. The number of hydrogen-bond acceptors (Lipinski definition) is 4. The molecule has 1 aromatic heterocycles. The van der Waals surface area contributed by atoms with Crippen molar-refractivity contribution in [3.63, 3.8) is 0 Å². The molecule has 0 saturated heterocycles. The van der Waals surface area contributed by atoms with E-state index in [1.807, 2.05) is 6.92 Å². The molecule has 0 radical (unpaired) electrons. The van der Waals surface area contributed by atoms with E-state index >= 15 is 0 Å². The molecule has 1 heterocycles. The van der Waals surface area contributed by atoms with Crippen LogP contribution in [-0.2, 0) is 11.2 Å². The maximum absolute atomic E-state index is 12.5. The van der Waals surface area contributed by atoms with Gasteiger partial charge in [0.2, 0.25) is 0 Å². The lowest BCUT2D eigenvalue weighted by Crippen LogP contribution is -2.57. The van der Waals surface area contributed by atoms with E-state index in [-0.39, 0.29) is 5.91 Å². The normalized spacial score (nSPS) is 12.1. The second-order valence-corrected chi connectivity index (χ2v) is 6.21. The Morgan fingerprint density at radius 3 is 2.29 bits per heavy atom. The first-order valence-corrected chi connectivity index (χ1v) is 6.92. The van der Waals surface area contributed by atoms with Crippen LogP contribution in [0.1, 0.15) is 56.4 Å². The first-order valence-electron chi connectivity index (χ1n) is 6.92. The van der Waals surface area contributed by atoms with Crippen molar-refractivity contribution in [2.75, 3.05) is 0 Å². The zero-order valence-electron chi connectivity index (χ0n) is 13.4. The zero-order valence-corrected chi connectivity index (χ0v) is 13.4. The Labute approximate surface area is 125 Å². The Balaban J connectivity index is 3.11. The third-order valence-corrected chi connectivity index (χ3v) is 4.10. The number of rotatable bonds is 5. The van der Waals surface area contributed by atoms with E-state index in [9.17, 15) is 14.7 Å². The summed E-state index contributed by atoms with van der Waals surface area (Å²) in [4.78, 5) is 23.9. The minimum atomic E-state index is -1.11. The number of carbonyl (C=O) groups is 2. The summed E-state index contributed by atoms with van der Waals surface area (Å²) in [7, 11) is 0. The van der Waals surface area contributed by atoms with Gasteiger partial charge in [0.05, 0.1) is 27.9 Å². The van der Waals surface area contributed by atoms with Crippen molar-refractivity contribution in [2.45, 2.75) is 53.5 Å². The summed E-state index contributed by atoms with van der Waals surface area (Å²) < 4.78 is 0. The maximum atomic E-state index is 12.5. The van der Waals surface area contributed by atoms with Crippen molar-refractivity contribution in [3.8, 4) is 0 Å². The van der Waals surface area contributed by atoms with Gasteiger partial charge in [0, 0.05) is 0 Å². The summed E-state index contributed by atoms with van der Waals surface area (Å²) in [6.07, 6.45) is 0.582. The highest BCUT2D eigenvalue weighted by molar-refractivity contribution is 5.96. The number of nitrogens with zero attached hydrogens (tertiary/aromatic N) is 2. The van der Waals surface area contributed by atoms with Gasteiger partial charge in [-0.1, -0.05) is 6.92 Å². The molecule has 0 aliphatic heterocycles. The summed E-state index contributed by atoms with van der Waals surface area (Å²) in [6.45, 7) is 10.2. The van der Waals surface area contributed by atoms with Gasteiger partial charge in [-0.2, -0.15) is 10.2 Å². The number of hydrogen-bond donors (Lipinski definition) is 2. The number of nitrogens with one attached hydrogen (secondary N) is 1. The first-order chi connectivity index (χ1) is 9.52. The molecule has 0 saturated carbocycles. The van der Waals surface area contributed by atoms with E-state index in [4.69, 9.17) is 0 Å². The van der Waals surface area contributed by atoms with Crippen LogP contribution in [0, 0.1) is 12.3 Å². The fourth-order valence-corrected chi connectivity index (χ4v) is 1.75. The van der Waals surface area contributed by atoms with Gasteiger partial charge >= 0.3 is 5.97 Å². The number of amides is 1. The molecule has 0 aliphatic rings. The van der Waals surface area contributed by atoms with Gasteiger partial charge in [-0.05, 0) is 47.1 Å². The number of carboxylic acid groups (broad SMARTS) is 1. The fraction of sp³-hybridized carbons (Fsp3) is 0.600. The minimum Gasteiger partial charge on any atom is -0.481 e. The van der Waals surface area contributed by atoms with Gasteiger partial charge in [0.25, 0.3) is 5.91 Å². The smallest absolute Gasteiger partial charge is 0.311 e. The molecule has 0 bridgehead atoms. The molecule has 0 atom stereocenters. The molecule has 1 aromatic rings. The van der Waals surface area contributed by atoms with Crippen molar-refractivity contribution >= 4 is 11.9 Å². The summed E-state index contributed by atoms with van der Waals surface area (Å²) in [5.41, 5.74) is -0.336. The van der Waals surface area contributed by atoms with Gasteiger partial charge in [-0.15, -0.1) is 0 Å². The molecule has 6 heteroatoms. The van der Waals surface area contributed by atoms with Crippen LogP contribution in [-0.4, -0.2) is 32.7 Å². The Bertz CT molecular complexity index is 565. The quantitative estimate of drug-likeness (QED) is 0.866. The van der Waals surface area contributed by atoms with Crippen molar-refractivity contribution in [2.24, 2.45) is 5.41 Å². The van der Waals surface area contributed by atoms with Crippen LogP contribution in [0.5, 0.6) is 0 Å². The molecule has 0 unspecified atom stereocenters. The molecular weight excluding hydrogens is 270 g/mol. The van der Waals surface area contributed by atoms with Gasteiger partial charge < -0.3 is 10.4 Å². The molecule has 1 rings (SSSR count). The predicted molar refractivity (Wildman–Crippen MR) is 79.1 cm³/mol. The summed E-state index contributed by atoms with van der Waals surface area (Å²) in [5, 5.41) is 20.1. The van der Waals surface area contributed by atoms with Crippen molar-refractivity contribution in [1.29, 1.82) is 0 Å². The molecule has 116 valence electrons.